The molecule has 0 saturated carbocycles. The van der Waals surface area contributed by atoms with Crippen LogP contribution in [0.2, 0.25) is 0 Å². The van der Waals surface area contributed by atoms with E-state index in [0.717, 1.165) is 0 Å². The Morgan fingerprint density at radius 2 is 1.83 bits per heavy atom. The smallest absolute Gasteiger partial charge is 0.329 e. The Labute approximate surface area is 34.3 Å². The van der Waals surface area contributed by atoms with Crippen LogP contribution in [-0.2, 0) is 4.79 Å². The summed E-state index contributed by atoms with van der Waals surface area (Å²) in [6.45, 7) is -0.778. The fourth-order valence-corrected chi connectivity index (χ4v) is 0. The molecule has 0 aliphatic carbocycles. The van der Waals surface area contributed by atoms with Crippen LogP contribution in [0.5, 0.6) is 0 Å². The Morgan fingerprint density at radius 1 is 1.67 bits per heavy atom. The van der Waals surface area contributed by atoms with Gasteiger partial charge in [-0.15, -0.1) is 0 Å². The number of aliphatic hydroxyl groups is 1. The van der Waals surface area contributed by atoms with E-state index < -0.39 is 12.6 Å². The van der Waals surface area contributed by atoms with Crippen molar-refractivity contribution in [1.29, 1.82) is 0 Å². The number of aliphatic carboxylic acids is 1. The first-order valence-electron chi connectivity index (χ1n) is 1.10. The van der Waals surface area contributed by atoms with E-state index in [-0.39, 0.29) is 5.48 Å². The van der Waals surface area contributed by atoms with E-state index in [4.69, 9.17) is 15.0 Å². The van der Waals surface area contributed by atoms with E-state index in [0.29, 0.717) is 0 Å². The number of carboxylic acids is 1. The molecule has 0 unspecified atom stereocenters. The molecule has 0 bridgehead atoms. The van der Waals surface area contributed by atoms with E-state index in [9.17, 15) is 0 Å². The molecule has 0 heterocycles. The standard InChI is InChI=1S/C2H4O3.H2O/c3-1-2(4)5;/h3H,1H2,(H,4,5);1H2. The first kappa shape index (κ1) is 9.04. The van der Waals surface area contributed by atoms with Crippen molar-refractivity contribution in [2.24, 2.45) is 0 Å². The van der Waals surface area contributed by atoms with Gasteiger partial charge in [-0.2, -0.15) is 0 Å². The molecule has 0 rings (SSSR count). The molecule has 0 aromatic carbocycles. The summed E-state index contributed by atoms with van der Waals surface area (Å²) in [7, 11) is 0. The average molecular weight is 94.1 g/mol. The van der Waals surface area contributed by atoms with E-state index >= 15 is 0 Å². The van der Waals surface area contributed by atoms with Crippen LogP contribution in [-0.4, -0.2) is 28.3 Å². The summed E-state index contributed by atoms with van der Waals surface area (Å²) in [4.78, 5) is 9.12. The molecule has 0 aliphatic heterocycles. The minimum atomic E-state index is -1.19. The summed E-state index contributed by atoms with van der Waals surface area (Å²) in [5.41, 5.74) is 0. The van der Waals surface area contributed by atoms with E-state index in [1.54, 1.807) is 0 Å². The Hall–Kier alpha value is -0.610. The third-order valence-corrected chi connectivity index (χ3v) is 0.135. The van der Waals surface area contributed by atoms with Crippen molar-refractivity contribution in [3.63, 3.8) is 0 Å². The molecule has 0 saturated heterocycles. The van der Waals surface area contributed by atoms with Crippen LogP contribution in [0.15, 0.2) is 0 Å². The molecule has 0 fully saturated rings. The Bertz CT molecular complexity index is 40.8. The summed E-state index contributed by atoms with van der Waals surface area (Å²) >= 11 is 0. The zero-order valence-corrected chi connectivity index (χ0v) is 3.01. The van der Waals surface area contributed by atoms with Crippen molar-refractivity contribution in [1.82, 2.24) is 0 Å². The zero-order valence-electron chi connectivity index (χ0n) is 3.01. The van der Waals surface area contributed by atoms with Gasteiger partial charge in [-0.3, -0.25) is 0 Å². The maximum Gasteiger partial charge on any atom is 0.329 e. The van der Waals surface area contributed by atoms with Gasteiger partial charge in [0.1, 0.15) is 6.61 Å². The molecule has 0 amide bonds. The lowest BCUT2D eigenvalue weighted by atomic mass is 10.8. The SMILES string of the molecule is O.O=C(O)CO. The van der Waals surface area contributed by atoms with Gasteiger partial charge < -0.3 is 15.7 Å². The first-order valence-corrected chi connectivity index (χ1v) is 1.10. The maximum absolute atomic E-state index is 9.12. The number of hydrogen-bond donors (Lipinski definition) is 2. The normalized spacial score (nSPS) is 6.17. The van der Waals surface area contributed by atoms with Gasteiger partial charge in [0.15, 0.2) is 0 Å². The van der Waals surface area contributed by atoms with Crippen molar-refractivity contribution in [2.45, 2.75) is 0 Å². The molecule has 0 aromatic rings. The summed E-state index contributed by atoms with van der Waals surface area (Å²) < 4.78 is 0. The summed E-state index contributed by atoms with van der Waals surface area (Å²) in [5.74, 6) is -1.19. The molecular weight excluding hydrogens is 88.0 g/mol. The lowest BCUT2D eigenvalue weighted by molar-refractivity contribution is -0.140. The van der Waals surface area contributed by atoms with Crippen LogP contribution in [0.3, 0.4) is 0 Å². The lowest BCUT2D eigenvalue weighted by Gasteiger charge is -1.72. The van der Waals surface area contributed by atoms with Crippen molar-refractivity contribution in [2.75, 3.05) is 6.61 Å². The molecule has 6 heavy (non-hydrogen) atoms. The van der Waals surface area contributed by atoms with E-state index in [1.807, 2.05) is 0 Å². The molecule has 4 N–H and O–H groups in total. The van der Waals surface area contributed by atoms with Gasteiger partial charge in [0.05, 0.1) is 0 Å². The summed E-state index contributed by atoms with van der Waals surface area (Å²) in [6.07, 6.45) is 0. The summed E-state index contributed by atoms with van der Waals surface area (Å²) in [6, 6.07) is 0. The zero-order chi connectivity index (χ0) is 4.28. The van der Waals surface area contributed by atoms with E-state index in [2.05, 4.69) is 0 Å². The Kier molecular flexibility index (Phi) is 6.61. The largest absolute Gasteiger partial charge is 0.480 e. The topological polar surface area (TPSA) is 89.0 Å². The van der Waals surface area contributed by atoms with Gasteiger partial charge in [0.2, 0.25) is 0 Å². The highest BCUT2D eigenvalue weighted by Gasteiger charge is 1.82. The maximum atomic E-state index is 9.12. The average Bonchev–Trinajstić information content (AvgIpc) is 1.38. The second-order valence-electron chi connectivity index (χ2n) is 0.552. The minimum absolute atomic E-state index is 0. The number of rotatable bonds is 1. The monoisotopic (exact) mass is 94.0 g/mol. The van der Waals surface area contributed by atoms with Crippen molar-refractivity contribution in [3.05, 3.63) is 0 Å². The number of carbonyl (C=O) groups is 1. The Morgan fingerprint density at radius 3 is 1.83 bits per heavy atom. The first-order chi connectivity index (χ1) is 2.27. The fourth-order valence-electron chi connectivity index (χ4n) is 0. The molecule has 0 aliphatic rings. The Balaban J connectivity index is 0. The second-order valence-corrected chi connectivity index (χ2v) is 0.552. The molecule has 0 aromatic heterocycles. The molecule has 4 nitrogen and oxygen atoms in total. The van der Waals surface area contributed by atoms with Gasteiger partial charge in [-0.1, -0.05) is 0 Å². The quantitative estimate of drug-likeness (QED) is 0.403. The number of carboxylic acid groups (broad SMARTS) is 1. The molecule has 0 atom stereocenters. The summed E-state index contributed by atoms with van der Waals surface area (Å²) in [5, 5.41) is 15.0. The van der Waals surface area contributed by atoms with Crippen molar-refractivity contribution >= 4 is 5.97 Å². The van der Waals surface area contributed by atoms with Gasteiger partial charge in [-0.05, 0) is 0 Å². The van der Waals surface area contributed by atoms with Crippen LogP contribution in [0.4, 0.5) is 0 Å². The minimum Gasteiger partial charge on any atom is -0.480 e. The number of hydrogen-bond acceptors (Lipinski definition) is 2. The van der Waals surface area contributed by atoms with Gasteiger partial charge in [0.25, 0.3) is 0 Å². The highest BCUT2D eigenvalue weighted by Crippen LogP contribution is 1.48. The van der Waals surface area contributed by atoms with Gasteiger partial charge in [0, 0.05) is 0 Å². The van der Waals surface area contributed by atoms with Crippen LogP contribution in [0.25, 0.3) is 0 Å². The van der Waals surface area contributed by atoms with Crippen LogP contribution in [0.1, 0.15) is 0 Å². The van der Waals surface area contributed by atoms with Crippen molar-refractivity contribution in [3.8, 4) is 0 Å². The molecule has 0 spiro atoms. The second kappa shape index (κ2) is 4.39. The highest BCUT2D eigenvalue weighted by molar-refractivity contribution is 5.67. The molecule has 38 valence electrons. The van der Waals surface area contributed by atoms with Gasteiger partial charge in [-0.25, -0.2) is 4.79 Å². The van der Waals surface area contributed by atoms with Gasteiger partial charge >= 0.3 is 5.97 Å². The highest BCUT2D eigenvalue weighted by atomic mass is 16.4. The third-order valence-electron chi connectivity index (χ3n) is 0.135. The number of aliphatic hydroxyl groups excluding tert-OH is 1. The molecule has 0 radical (unpaired) electrons. The molecular formula is C2H6O4. The predicted molar refractivity (Wildman–Crippen MR) is 18.3 cm³/mol. The van der Waals surface area contributed by atoms with Crippen LogP contribution >= 0.6 is 0 Å². The fraction of sp³-hybridized carbons (Fsp3) is 0.500. The van der Waals surface area contributed by atoms with Crippen molar-refractivity contribution < 1.29 is 20.5 Å². The van der Waals surface area contributed by atoms with E-state index in [1.165, 1.54) is 0 Å². The lowest BCUT2D eigenvalue weighted by Crippen LogP contribution is -1.98. The molecule has 4 heteroatoms. The third kappa shape index (κ3) is 10.0. The van der Waals surface area contributed by atoms with Crippen LogP contribution < -0.4 is 0 Å². The van der Waals surface area contributed by atoms with Crippen LogP contribution in [0, 0.1) is 0 Å². The predicted octanol–water partition coefficient (Wildman–Crippen LogP) is -1.76.